The Morgan fingerprint density at radius 2 is 2.11 bits per heavy atom. The van der Waals surface area contributed by atoms with Crippen molar-refractivity contribution in [3.63, 3.8) is 0 Å². The van der Waals surface area contributed by atoms with Crippen LogP contribution in [0.4, 0.5) is 0 Å². The van der Waals surface area contributed by atoms with Crippen molar-refractivity contribution < 1.29 is 14.3 Å². The Bertz CT molecular complexity index is 336. The summed E-state index contributed by atoms with van der Waals surface area (Å²) in [4.78, 5) is 25.6. The number of hydrogen-bond donors (Lipinski definition) is 0. The van der Waals surface area contributed by atoms with Gasteiger partial charge in [0, 0.05) is 18.7 Å². The maximum Gasteiger partial charge on any atom is 0.310 e. The van der Waals surface area contributed by atoms with Crippen molar-refractivity contribution in [1.29, 1.82) is 0 Å². The van der Waals surface area contributed by atoms with Crippen LogP contribution in [0.3, 0.4) is 0 Å². The van der Waals surface area contributed by atoms with Gasteiger partial charge in [-0.3, -0.25) is 9.59 Å². The summed E-state index contributed by atoms with van der Waals surface area (Å²) < 4.78 is 5.03. The fraction of sp³-hybridized carbons (Fsp3) is 0.714. The summed E-state index contributed by atoms with van der Waals surface area (Å²) in [7, 11) is 0. The first-order valence-corrected chi connectivity index (χ1v) is 6.72. The smallest absolute Gasteiger partial charge is 0.310 e. The summed E-state index contributed by atoms with van der Waals surface area (Å²) in [6.07, 6.45) is 4.47. The number of allylic oxidation sites excluding steroid dienone is 1. The number of ether oxygens (including phenoxy) is 1. The van der Waals surface area contributed by atoms with Crippen LogP contribution in [0.5, 0.6) is 0 Å². The number of carbonyl (C=O) groups excluding carboxylic acids is 2. The first-order chi connectivity index (χ1) is 8.60. The predicted octanol–water partition coefficient (Wildman–Crippen LogP) is 2.14. The van der Waals surface area contributed by atoms with Crippen molar-refractivity contribution in [3.05, 3.63) is 11.6 Å². The monoisotopic (exact) mass is 253 g/mol. The largest absolute Gasteiger partial charge is 0.466 e. The molecule has 0 aliphatic carbocycles. The second kappa shape index (κ2) is 7.19. The van der Waals surface area contributed by atoms with Crippen LogP contribution < -0.4 is 0 Å². The van der Waals surface area contributed by atoms with E-state index in [2.05, 4.69) is 0 Å². The van der Waals surface area contributed by atoms with E-state index in [4.69, 9.17) is 4.74 Å². The lowest BCUT2D eigenvalue weighted by molar-refractivity contribution is -0.150. The normalized spacial score (nSPS) is 20.7. The van der Waals surface area contributed by atoms with Gasteiger partial charge >= 0.3 is 5.97 Å². The van der Waals surface area contributed by atoms with E-state index in [9.17, 15) is 9.59 Å². The molecule has 1 atom stereocenters. The quantitative estimate of drug-likeness (QED) is 0.569. The number of rotatable bonds is 4. The number of nitrogens with zero attached hydrogens (tertiary/aromatic N) is 1. The van der Waals surface area contributed by atoms with E-state index in [-0.39, 0.29) is 17.8 Å². The van der Waals surface area contributed by atoms with Crippen molar-refractivity contribution in [2.75, 3.05) is 19.7 Å². The summed E-state index contributed by atoms with van der Waals surface area (Å²) in [5.41, 5.74) is 0.766. The van der Waals surface area contributed by atoms with Crippen LogP contribution in [0.25, 0.3) is 0 Å². The number of amides is 1. The first-order valence-electron chi connectivity index (χ1n) is 6.72. The molecule has 0 saturated carbocycles. The Morgan fingerprint density at radius 1 is 1.39 bits per heavy atom. The van der Waals surface area contributed by atoms with Gasteiger partial charge in [-0.2, -0.15) is 0 Å². The highest BCUT2D eigenvalue weighted by atomic mass is 16.5. The van der Waals surface area contributed by atoms with Gasteiger partial charge in [-0.1, -0.05) is 13.0 Å². The number of likely N-dealkylation sites (tertiary alicyclic amines) is 1. The lowest BCUT2D eigenvalue weighted by Crippen LogP contribution is -2.43. The predicted molar refractivity (Wildman–Crippen MR) is 70.0 cm³/mol. The fourth-order valence-electron chi connectivity index (χ4n) is 2.26. The molecule has 0 spiro atoms. The minimum absolute atomic E-state index is 0.0471. The third-order valence-corrected chi connectivity index (χ3v) is 3.18. The zero-order valence-electron chi connectivity index (χ0n) is 11.6. The van der Waals surface area contributed by atoms with Gasteiger partial charge in [-0.15, -0.1) is 0 Å². The third kappa shape index (κ3) is 3.86. The van der Waals surface area contributed by atoms with E-state index in [1.807, 2.05) is 19.9 Å². The van der Waals surface area contributed by atoms with Crippen LogP contribution in [0, 0.1) is 5.92 Å². The lowest BCUT2D eigenvalue weighted by Gasteiger charge is -2.31. The molecule has 1 rings (SSSR count). The Balaban J connectivity index is 2.61. The molecule has 0 aromatic rings. The number of hydrogen-bond acceptors (Lipinski definition) is 3. The van der Waals surface area contributed by atoms with Gasteiger partial charge in [0.2, 0.25) is 5.91 Å². The maximum absolute atomic E-state index is 12.1. The van der Waals surface area contributed by atoms with Crippen molar-refractivity contribution >= 4 is 11.9 Å². The van der Waals surface area contributed by atoms with E-state index < -0.39 is 0 Å². The van der Waals surface area contributed by atoms with Crippen molar-refractivity contribution in [3.8, 4) is 0 Å². The first kappa shape index (κ1) is 14.7. The summed E-state index contributed by atoms with van der Waals surface area (Å²) in [6, 6.07) is 0. The molecule has 1 amide bonds. The van der Waals surface area contributed by atoms with Crippen molar-refractivity contribution in [1.82, 2.24) is 4.90 Å². The number of piperidine rings is 1. The zero-order chi connectivity index (χ0) is 13.5. The molecule has 1 heterocycles. The second-order valence-corrected chi connectivity index (χ2v) is 4.64. The standard InChI is InChI=1S/C14H23NO3/c1-4-7-11(3)13(16)15-9-6-8-12(10-15)14(17)18-5-2/h7,12H,4-6,8-10H2,1-3H3/t12-/m1/s1. The van der Waals surface area contributed by atoms with E-state index >= 15 is 0 Å². The van der Waals surface area contributed by atoms with Crippen LogP contribution in [-0.4, -0.2) is 36.5 Å². The van der Waals surface area contributed by atoms with E-state index in [1.54, 1.807) is 11.8 Å². The van der Waals surface area contributed by atoms with E-state index in [0.29, 0.717) is 13.2 Å². The highest BCUT2D eigenvalue weighted by Crippen LogP contribution is 2.19. The third-order valence-electron chi connectivity index (χ3n) is 3.18. The molecule has 4 nitrogen and oxygen atoms in total. The molecule has 1 fully saturated rings. The molecule has 1 saturated heterocycles. The average molecular weight is 253 g/mol. The Morgan fingerprint density at radius 3 is 2.72 bits per heavy atom. The highest BCUT2D eigenvalue weighted by Gasteiger charge is 2.29. The number of carbonyl (C=O) groups is 2. The Kier molecular flexibility index (Phi) is 5.89. The molecule has 102 valence electrons. The van der Waals surface area contributed by atoms with Crippen molar-refractivity contribution in [2.24, 2.45) is 5.92 Å². The molecular formula is C14H23NO3. The second-order valence-electron chi connectivity index (χ2n) is 4.64. The minimum atomic E-state index is -0.174. The summed E-state index contributed by atoms with van der Waals surface area (Å²) in [5.74, 6) is -0.282. The van der Waals surface area contributed by atoms with Gasteiger partial charge in [-0.25, -0.2) is 0 Å². The van der Waals surface area contributed by atoms with Crippen LogP contribution in [0.15, 0.2) is 11.6 Å². The molecule has 0 N–H and O–H groups in total. The van der Waals surface area contributed by atoms with Gasteiger partial charge in [0.25, 0.3) is 0 Å². The molecule has 0 aromatic carbocycles. The number of esters is 1. The maximum atomic E-state index is 12.1. The molecule has 18 heavy (non-hydrogen) atoms. The molecule has 0 aromatic heterocycles. The Hall–Kier alpha value is -1.32. The summed E-state index contributed by atoms with van der Waals surface area (Å²) in [5, 5.41) is 0. The summed E-state index contributed by atoms with van der Waals surface area (Å²) in [6.45, 7) is 7.28. The van der Waals surface area contributed by atoms with E-state index in [0.717, 1.165) is 31.4 Å². The summed E-state index contributed by atoms with van der Waals surface area (Å²) >= 11 is 0. The minimum Gasteiger partial charge on any atom is -0.466 e. The SMILES string of the molecule is CCC=C(C)C(=O)N1CCC[C@@H](C(=O)OCC)C1. The highest BCUT2D eigenvalue weighted by molar-refractivity contribution is 5.93. The molecule has 0 unspecified atom stereocenters. The molecule has 0 bridgehead atoms. The van der Waals surface area contributed by atoms with Crippen LogP contribution in [-0.2, 0) is 14.3 Å². The molecule has 1 aliphatic rings. The van der Waals surface area contributed by atoms with Crippen LogP contribution in [0.1, 0.15) is 40.0 Å². The van der Waals surface area contributed by atoms with Gasteiger partial charge < -0.3 is 9.64 Å². The fourth-order valence-corrected chi connectivity index (χ4v) is 2.26. The van der Waals surface area contributed by atoms with Gasteiger partial charge in [-0.05, 0) is 33.1 Å². The molecule has 4 heteroatoms. The van der Waals surface area contributed by atoms with E-state index in [1.165, 1.54) is 0 Å². The van der Waals surface area contributed by atoms with Gasteiger partial charge in [0.1, 0.15) is 0 Å². The van der Waals surface area contributed by atoms with Crippen LogP contribution in [0.2, 0.25) is 0 Å². The lowest BCUT2D eigenvalue weighted by atomic mass is 9.97. The topological polar surface area (TPSA) is 46.6 Å². The Labute approximate surface area is 109 Å². The van der Waals surface area contributed by atoms with Crippen LogP contribution >= 0.6 is 0 Å². The van der Waals surface area contributed by atoms with Gasteiger partial charge in [0.05, 0.1) is 12.5 Å². The average Bonchev–Trinajstić information content (AvgIpc) is 2.38. The molecular weight excluding hydrogens is 230 g/mol. The molecule has 0 radical (unpaired) electrons. The van der Waals surface area contributed by atoms with Gasteiger partial charge in [0.15, 0.2) is 0 Å². The molecule has 1 aliphatic heterocycles. The van der Waals surface area contributed by atoms with Crippen molar-refractivity contribution in [2.45, 2.75) is 40.0 Å². The zero-order valence-corrected chi connectivity index (χ0v) is 11.6.